The van der Waals surface area contributed by atoms with Gasteiger partial charge in [0.2, 0.25) is 0 Å². The zero-order chi connectivity index (χ0) is 14.8. The zero-order valence-corrected chi connectivity index (χ0v) is 13.0. The van der Waals surface area contributed by atoms with Crippen LogP contribution in [0.3, 0.4) is 0 Å². The molecule has 2 nitrogen and oxygen atoms in total. The van der Waals surface area contributed by atoms with Crippen LogP contribution in [0.25, 0.3) is 0 Å². The number of hydrogen-bond donors (Lipinski definition) is 0. The van der Waals surface area contributed by atoms with Crippen LogP contribution >= 0.6 is 0 Å². The fourth-order valence-electron chi connectivity index (χ4n) is 1.53. The molecule has 0 fully saturated rings. The van der Waals surface area contributed by atoms with Gasteiger partial charge in [0.1, 0.15) is 0 Å². The molecule has 0 aliphatic heterocycles. The van der Waals surface area contributed by atoms with Crippen molar-refractivity contribution in [2.75, 3.05) is 6.54 Å². The molecule has 0 aliphatic rings. The van der Waals surface area contributed by atoms with Crippen molar-refractivity contribution in [3.8, 4) is 0 Å². The van der Waals surface area contributed by atoms with Gasteiger partial charge in [-0.05, 0) is 47.5 Å². The highest BCUT2D eigenvalue weighted by molar-refractivity contribution is 5.89. The second-order valence-corrected chi connectivity index (χ2v) is 5.27. The number of allylic oxidation sites excluding steroid dienone is 4. The molecule has 0 heterocycles. The average Bonchev–Trinajstić information content (AvgIpc) is 2.28. The average molecular weight is 261 g/mol. The summed E-state index contributed by atoms with van der Waals surface area (Å²) in [5.41, 5.74) is 3.65. The molecule has 0 atom stereocenters. The summed E-state index contributed by atoms with van der Waals surface area (Å²) in [5.74, 6) is -0.0108. The molecule has 0 aromatic carbocycles. The van der Waals surface area contributed by atoms with Crippen LogP contribution in [-0.4, -0.2) is 17.4 Å². The summed E-state index contributed by atoms with van der Waals surface area (Å²) in [7, 11) is 0. The van der Waals surface area contributed by atoms with Crippen molar-refractivity contribution >= 4 is 5.91 Å². The number of carbonyl (C=O) groups excluding carboxylic acids is 1. The Labute approximate surface area is 118 Å². The normalized spacial score (nSPS) is 10.7. The highest BCUT2D eigenvalue weighted by Crippen LogP contribution is 2.07. The summed E-state index contributed by atoms with van der Waals surface area (Å²) in [6.45, 7) is 14.4. The van der Waals surface area contributed by atoms with Crippen LogP contribution < -0.4 is 0 Å². The van der Waals surface area contributed by atoms with Gasteiger partial charge in [-0.25, -0.2) is 0 Å². The summed E-state index contributed by atoms with van der Waals surface area (Å²) in [4.78, 5) is 13.5. The van der Waals surface area contributed by atoms with Gasteiger partial charge in [0.25, 0.3) is 5.91 Å². The fraction of sp³-hybridized carbons (Fsp3) is 0.471. The second kappa shape index (κ2) is 9.37. The molecule has 0 saturated heterocycles. The van der Waals surface area contributed by atoms with Crippen molar-refractivity contribution in [2.24, 2.45) is 0 Å². The Morgan fingerprint density at radius 3 is 2.16 bits per heavy atom. The predicted molar refractivity (Wildman–Crippen MR) is 83.8 cm³/mol. The Balaban J connectivity index is 4.40. The number of rotatable bonds is 7. The van der Waals surface area contributed by atoms with Gasteiger partial charge in [0, 0.05) is 18.8 Å². The lowest BCUT2D eigenvalue weighted by Crippen LogP contribution is -2.23. The van der Waals surface area contributed by atoms with E-state index in [1.54, 1.807) is 17.2 Å². The lowest BCUT2D eigenvalue weighted by Gasteiger charge is -2.14. The van der Waals surface area contributed by atoms with Crippen LogP contribution in [-0.2, 0) is 4.79 Å². The van der Waals surface area contributed by atoms with E-state index in [1.165, 1.54) is 11.1 Å². The maximum absolute atomic E-state index is 11.8. The van der Waals surface area contributed by atoms with Gasteiger partial charge in [-0.15, -0.1) is 0 Å². The topological polar surface area (TPSA) is 20.3 Å². The first-order chi connectivity index (χ1) is 8.86. The first-order valence-corrected chi connectivity index (χ1v) is 6.74. The standard InChI is InChI=1S/C17H27NO/c1-7-18(17(19)13-15(4)5)12-11-16(6)10-8-9-14(2)3/h7,9,11,13H,1,8,10,12H2,2-6H3/b16-11+. The summed E-state index contributed by atoms with van der Waals surface area (Å²) in [6.07, 6.45) is 9.64. The van der Waals surface area contributed by atoms with E-state index >= 15 is 0 Å². The third-order valence-electron chi connectivity index (χ3n) is 2.64. The molecular weight excluding hydrogens is 234 g/mol. The SMILES string of the molecule is C=CN(C/C=C(\C)CCC=C(C)C)C(=O)C=C(C)C. The van der Waals surface area contributed by atoms with Crippen molar-refractivity contribution in [3.05, 3.63) is 47.7 Å². The summed E-state index contributed by atoms with van der Waals surface area (Å²) in [6, 6.07) is 0. The van der Waals surface area contributed by atoms with Crippen molar-refractivity contribution in [1.29, 1.82) is 0 Å². The Morgan fingerprint density at radius 1 is 1.05 bits per heavy atom. The molecule has 0 radical (unpaired) electrons. The minimum Gasteiger partial charge on any atom is -0.312 e. The van der Waals surface area contributed by atoms with E-state index in [-0.39, 0.29) is 5.91 Å². The summed E-state index contributed by atoms with van der Waals surface area (Å²) < 4.78 is 0. The largest absolute Gasteiger partial charge is 0.312 e. The summed E-state index contributed by atoms with van der Waals surface area (Å²) >= 11 is 0. The first-order valence-electron chi connectivity index (χ1n) is 6.74. The quantitative estimate of drug-likeness (QED) is 0.484. The van der Waals surface area contributed by atoms with E-state index in [2.05, 4.69) is 39.5 Å². The van der Waals surface area contributed by atoms with Gasteiger partial charge < -0.3 is 4.90 Å². The maximum atomic E-state index is 11.8. The number of nitrogens with zero attached hydrogens (tertiary/aromatic N) is 1. The molecule has 0 N–H and O–H groups in total. The van der Waals surface area contributed by atoms with Crippen molar-refractivity contribution in [1.82, 2.24) is 4.90 Å². The highest BCUT2D eigenvalue weighted by atomic mass is 16.2. The molecule has 0 aromatic rings. The molecular formula is C17H27NO. The van der Waals surface area contributed by atoms with Gasteiger partial charge in [0.05, 0.1) is 0 Å². The van der Waals surface area contributed by atoms with Crippen LogP contribution in [0.1, 0.15) is 47.5 Å². The number of hydrogen-bond acceptors (Lipinski definition) is 1. The number of amides is 1. The smallest absolute Gasteiger partial charge is 0.250 e. The minimum absolute atomic E-state index is 0.0108. The lowest BCUT2D eigenvalue weighted by atomic mass is 10.1. The van der Waals surface area contributed by atoms with Crippen LogP contribution in [0.2, 0.25) is 0 Å². The third kappa shape index (κ3) is 9.06. The molecule has 1 amide bonds. The Morgan fingerprint density at radius 2 is 1.68 bits per heavy atom. The molecule has 0 unspecified atom stereocenters. The van der Waals surface area contributed by atoms with E-state index in [1.807, 2.05) is 13.8 Å². The molecule has 0 aliphatic carbocycles. The maximum Gasteiger partial charge on any atom is 0.250 e. The molecule has 106 valence electrons. The van der Waals surface area contributed by atoms with E-state index in [0.717, 1.165) is 18.4 Å². The van der Waals surface area contributed by atoms with Gasteiger partial charge in [0.15, 0.2) is 0 Å². The van der Waals surface area contributed by atoms with Gasteiger partial charge >= 0.3 is 0 Å². The van der Waals surface area contributed by atoms with Gasteiger partial charge in [-0.1, -0.05) is 35.5 Å². The Hall–Kier alpha value is -1.57. The zero-order valence-electron chi connectivity index (χ0n) is 13.0. The van der Waals surface area contributed by atoms with Gasteiger partial charge in [-0.3, -0.25) is 4.79 Å². The highest BCUT2D eigenvalue weighted by Gasteiger charge is 2.05. The third-order valence-corrected chi connectivity index (χ3v) is 2.64. The second-order valence-electron chi connectivity index (χ2n) is 5.27. The number of carbonyl (C=O) groups is 1. The van der Waals surface area contributed by atoms with Gasteiger partial charge in [-0.2, -0.15) is 0 Å². The molecule has 2 heteroatoms. The molecule has 0 bridgehead atoms. The molecule has 0 aromatic heterocycles. The minimum atomic E-state index is -0.0108. The van der Waals surface area contributed by atoms with E-state index in [9.17, 15) is 4.79 Å². The van der Waals surface area contributed by atoms with Crippen LogP contribution in [0, 0.1) is 0 Å². The molecule has 0 spiro atoms. The fourth-order valence-corrected chi connectivity index (χ4v) is 1.53. The molecule has 19 heavy (non-hydrogen) atoms. The van der Waals surface area contributed by atoms with Crippen LogP contribution in [0.4, 0.5) is 0 Å². The molecule has 0 saturated carbocycles. The van der Waals surface area contributed by atoms with Crippen molar-refractivity contribution in [2.45, 2.75) is 47.5 Å². The first kappa shape index (κ1) is 17.4. The lowest BCUT2D eigenvalue weighted by molar-refractivity contribution is -0.123. The van der Waals surface area contributed by atoms with E-state index in [0.29, 0.717) is 6.54 Å². The Bertz CT molecular complexity index is 391. The predicted octanol–water partition coefficient (Wildman–Crippen LogP) is 4.62. The summed E-state index contributed by atoms with van der Waals surface area (Å²) in [5, 5.41) is 0. The van der Waals surface area contributed by atoms with Crippen LogP contribution in [0.15, 0.2) is 47.7 Å². The molecule has 0 rings (SSSR count). The monoisotopic (exact) mass is 261 g/mol. The van der Waals surface area contributed by atoms with E-state index in [4.69, 9.17) is 0 Å². The Kier molecular flexibility index (Phi) is 8.60. The van der Waals surface area contributed by atoms with Crippen molar-refractivity contribution < 1.29 is 4.79 Å². The van der Waals surface area contributed by atoms with Crippen molar-refractivity contribution in [3.63, 3.8) is 0 Å². The van der Waals surface area contributed by atoms with Crippen LogP contribution in [0.5, 0.6) is 0 Å². The van der Waals surface area contributed by atoms with E-state index < -0.39 is 0 Å².